The molecule has 0 aliphatic heterocycles. The zero-order valence-electron chi connectivity index (χ0n) is 13.6. The molecule has 0 saturated heterocycles. The molecule has 0 aliphatic carbocycles. The van der Waals surface area contributed by atoms with Crippen LogP contribution in [0.4, 0.5) is 17.2 Å². The van der Waals surface area contributed by atoms with Crippen LogP contribution >= 0.6 is 0 Å². The Balaban J connectivity index is 1.99. The smallest absolute Gasteiger partial charge is 0.225 e. The molecule has 0 saturated carbocycles. The maximum atomic E-state index is 11.7. The Kier molecular flexibility index (Phi) is 5.15. The summed E-state index contributed by atoms with van der Waals surface area (Å²) in [4.78, 5) is 16.0. The summed E-state index contributed by atoms with van der Waals surface area (Å²) in [6.45, 7) is 8.22. The van der Waals surface area contributed by atoms with Crippen LogP contribution in [0.25, 0.3) is 0 Å². The van der Waals surface area contributed by atoms with Crippen molar-refractivity contribution in [2.45, 2.75) is 34.1 Å². The number of amides is 1. The van der Waals surface area contributed by atoms with E-state index in [2.05, 4.69) is 41.6 Å². The fraction of sp³-hybridized carbons (Fsp3) is 0.333. The van der Waals surface area contributed by atoms with Gasteiger partial charge in [-0.05, 0) is 55.2 Å². The highest BCUT2D eigenvalue weighted by molar-refractivity contribution is 5.89. The number of hydrogen-bond acceptors (Lipinski definition) is 3. The second-order valence-corrected chi connectivity index (χ2v) is 6.00. The Bertz CT molecular complexity index is 648. The zero-order chi connectivity index (χ0) is 16.1. The number of rotatable bonds is 5. The molecule has 1 amide bonds. The summed E-state index contributed by atoms with van der Waals surface area (Å²) in [5.41, 5.74) is 4.44. The number of benzene rings is 1. The van der Waals surface area contributed by atoms with Gasteiger partial charge in [-0.1, -0.05) is 19.9 Å². The van der Waals surface area contributed by atoms with Crippen molar-refractivity contribution in [1.82, 2.24) is 4.98 Å². The first kappa shape index (κ1) is 16.0. The molecule has 22 heavy (non-hydrogen) atoms. The highest BCUT2D eigenvalue weighted by Gasteiger charge is 2.06. The Morgan fingerprint density at radius 2 is 1.82 bits per heavy atom. The van der Waals surface area contributed by atoms with E-state index in [1.54, 1.807) is 6.20 Å². The normalized spacial score (nSPS) is 10.6. The van der Waals surface area contributed by atoms with Crippen LogP contribution in [0, 0.1) is 19.8 Å². The number of carbonyl (C=O) groups is 1. The molecular formula is C18H23N3O. The van der Waals surface area contributed by atoms with Crippen LogP contribution in [0.1, 0.15) is 31.4 Å². The van der Waals surface area contributed by atoms with E-state index < -0.39 is 0 Å². The third-order valence-electron chi connectivity index (χ3n) is 3.42. The number of hydrogen-bond donors (Lipinski definition) is 2. The van der Waals surface area contributed by atoms with E-state index in [1.807, 2.05) is 32.0 Å². The van der Waals surface area contributed by atoms with E-state index in [4.69, 9.17) is 0 Å². The summed E-state index contributed by atoms with van der Waals surface area (Å²) in [6, 6.07) is 9.95. The second-order valence-electron chi connectivity index (χ2n) is 6.00. The number of aromatic nitrogens is 1. The first-order chi connectivity index (χ1) is 10.4. The van der Waals surface area contributed by atoms with Crippen molar-refractivity contribution in [3.05, 3.63) is 47.7 Å². The molecule has 1 aromatic carbocycles. The summed E-state index contributed by atoms with van der Waals surface area (Å²) in [6.07, 6.45) is 2.23. The number of carbonyl (C=O) groups excluding carboxylic acids is 1. The van der Waals surface area contributed by atoms with Crippen molar-refractivity contribution in [3.8, 4) is 0 Å². The molecule has 0 spiro atoms. The third-order valence-corrected chi connectivity index (χ3v) is 3.42. The number of pyridine rings is 1. The Morgan fingerprint density at radius 1 is 1.09 bits per heavy atom. The number of nitrogens with one attached hydrogen (secondary N) is 2. The fourth-order valence-corrected chi connectivity index (χ4v) is 2.09. The Morgan fingerprint density at radius 3 is 2.41 bits per heavy atom. The highest BCUT2D eigenvalue weighted by atomic mass is 16.1. The molecule has 0 bridgehead atoms. The van der Waals surface area contributed by atoms with Gasteiger partial charge in [0.25, 0.3) is 0 Å². The van der Waals surface area contributed by atoms with Crippen LogP contribution < -0.4 is 10.6 Å². The van der Waals surface area contributed by atoms with Gasteiger partial charge in [0.05, 0.1) is 11.9 Å². The van der Waals surface area contributed by atoms with Crippen LogP contribution in [-0.2, 0) is 4.79 Å². The first-order valence-electron chi connectivity index (χ1n) is 7.54. The number of nitrogens with zero attached hydrogens (tertiary/aromatic N) is 1. The summed E-state index contributed by atoms with van der Waals surface area (Å²) < 4.78 is 0. The minimum atomic E-state index is -0.00244. The van der Waals surface area contributed by atoms with Crippen LogP contribution in [0.3, 0.4) is 0 Å². The van der Waals surface area contributed by atoms with Gasteiger partial charge in [-0.2, -0.15) is 0 Å². The lowest BCUT2D eigenvalue weighted by molar-refractivity contribution is -0.116. The second kappa shape index (κ2) is 7.07. The van der Waals surface area contributed by atoms with Crippen molar-refractivity contribution in [1.29, 1.82) is 0 Å². The predicted octanol–water partition coefficient (Wildman–Crippen LogP) is 4.43. The van der Waals surface area contributed by atoms with E-state index in [1.165, 1.54) is 11.1 Å². The molecule has 1 aromatic heterocycles. The first-order valence-corrected chi connectivity index (χ1v) is 7.54. The van der Waals surface area contributed by atoms with Crippen LogP contribution in [-0.4, -0.2) is 10.9 Å². The molecule has 0 unspecified atom stereocenters. The lowest BCUT2D eigenvalue weighted by Crippen LogP contribution is -2.14. The maximum absolute atomic E-state index is 11.7. The molecule has 1 heterocycles. The predicted molar refractivity (Wildman–Crippen MR) is 91.5 cm³/mol. The van der Waals surface area contributed by atoms with Crippen molar-refractivity contribution in [2.24, 2.45) is 5.92 Å². The Hall–Kier alpha value is -2.36. The topological polar surface area (TPSA) is 54.0 Å². The van der Waals surface area contributed by atoms with Crippen molar-refractivity contribution in [3.63, 3.8) is 0 Å². The molecule has 0 radical (unpaired) electrons. The molecular weight excluding hydrogens is 274 g/mol. The van der Waals surface area contributed by atoms with E-state index in [9.17, 15) is 4.79 Å². The van der Waals surface area contributed by atoms with Crippen LogP contribution in [0.5, 0.6) is 0 Å². The molecule has 0 atom stereocenters. The van der Waals surface area contributed by atoms with Gasteiger partial charge < -0.3 is 10.6 Å². The van der Waals surface area contributed by atoms with Crippen LogP contribution in [0.15, 0.2) is 36.5 Å². The van der Waals surface area contributed by atoms with Gasteiger partial charge in [-0.15, -0.1) is 0 Å². The highest BCUT2D eigenvalue weighted by Crippen LogP contribution is 2.20. The largest absolute Gasteiger partial charge is 0.354 e. The summed E-state index contributed by atoms with van der Waals surface area (Å²) in [5, 5.41) is 6.11. The van der Waals surface area contributed by atoms with Gasteiger partial charge in [-0.25, -0.2) is 4.98 Å². The molecule has 4 nitrogen and oxygen atoms in total. The maximum Gasteiger partial charge on any atom is 0.225 e. The van der Waals surface area contributed by atoms with Crippen molar-refractivity contribution in [2.75, 3.05) is 10.6 Å². The lowest BCUT2D eigenvalue weighted by atomic mass is 10.1. The Labute approximate surface area is 132 Å². The van der Waals surface area contributed by atoms with Gasteiger partial charge in [0.1, 0.15) is 5.82 Å². The minimum absolute atomic E-state index is 0.00244. The molecule has 0 aliphatic rings. The van der Waals surface area contributed by atoms with Gasteiger partial charge in [0, 0.05) is 12.1 Å². The molecule has 116 valence electrons. The SMILES string of the molecule is Cc1ccc(Nc2ccc(NC(=O)CC(C)C)nc2)cc1C. The van der Waals surface area contributed by atoms with Gasteiger partial charge >= 0.3 is 0 Å². The quantitative estimate of drug-likeness (QED) is 0.858. The standard InChI is InChI=1S/C18H23N3O/c1-12(2)9-18(22)21-17-8-7-16(11-19-17)20-15-6-5-13(3)14(4)10-15/h5-8,10-12,20H,9H2,1-4H3,(H,19,21,22). The molecule has 4 heteroatoms. The molecule has 0 fully saturated rings. The van der Waals surface area contributed by atoms with E-state index in [-0.39, 0.29) is 5.91 Å². The number of aryl methyl sites for hydroxylation is 2. The monoisotopic (exact) mass is 297 g/mol. The van der Waals surface area contributed by atoms with Gasteiger partial charge in [0.15, 0.2) is 0 Å². The average molecular weight is 297 g/mol. The zero-order valence-corrected chi connectivity index (χ0v) is 13.6. The van der Waals surface area contributed by atoms with Crippen LogP contribution in [0.2, 0.25) is 0 Å². The summed E-state index contributed by atoms with van der Waals surface area (Å²) >= 11 is 0. The lowest BCUT2D eigenvalue weighted by Gasteiger charge is -2.10. The van der Waals surface area contributed by atoms with E-state index in [0.29, 0.717) is 18.2 Å². The number of anilines is 3. The molecule has 2 N–H and O–H groups in total. The van der Waals surface area contributed by atoms with Crippen molar-refractivity contribution >= 4 is 23.1 Å². The van der Waals surface area contributed by atoms with E-state index >= 15 is 0 Å². The summed E-state index contributed by atoms with van der Waals surface area (Å²) in [5.74, 6) is 0.916. The average Bonchev–Trinajstić information content (AvgIpc) is 2.44. The third kappa shape index (κ3) is 4.58. The molecule has 2 aromatic rings. The molecule has 2 rings (SSSR count). The van der Waals surface area contributed by atoms with Gasteiger partial charge in [-0.3, -0.25) is 4.79 Å². The minimum Gasteiger partial charge on any atom is -0.354 e. The summed E-state index contributed by atoms with van der Waals surface area (Å²) in [7, 11) is 0. The van der Waals surface area contributed by atoms with Gasteiger partial charge in [0.2, 0.25) is 5.91 Å². The van der Waals surface area contributed by atoms with E-state index in [0.717, 1.165) is 11.4 Å². The van der Waals surface area contributed by atoms with Crippen molar-refractivity contribution < 1.29 is 4.79 Å². The fourth-order valence-electron chi connectivity index (χ4n) is 2.09.